The average molecular weight is 217 g/mol. The van der Waals surface area contributed by atoms with Gasteiger partial charge in [0.25, 0.3) is 0 Å². The van der Waals surface area contributed by atoms with Crippen molar-refractivity contribution in [2.75, 3.05) is 0 Å². The van der Waals surface area contributed by atoms with Gasteiger partial charge >= 0.3 is 0 Å². The van der Waals surface area contributed by atoms with Crippen molar-refractivity contribution >= 4 is 11.9 Å². The molecule has 0 N–H and O–H groups in total. The molecule has 2 rings (SSSR count). The predicted octanol–water partition coefficient (Wildman–Crippen LogP) is 2.05. The lowest BCUT2D eigenvalue weighted by Gasteiger charge is -1.97. The van der Waals surface area contributed by atoms with Crippen molar-refractivity contribution in [1.29, 1.82) is 0 Å². The standard InChI is InChI=1S/C12H15N3O/c1-8(2)4-11-13-12-5-9(3)10(7-16)6-15(12)14-11/h5-8H,4H2,1-3H3. The quantitative estimate of drug-likeness (QED) is 0.739. The summed E-state index contributed by atoms with van der Waals surface area (Å²) in [7, 11) is 0. The summed E-state index contributed by atoms with van der Waals surface area (Å²) >= 11 is 0. The minimum absolute atomic E-state index is 0.532. The van der Waals surface area contributed by atoms with Crippen LogP contribution < -0.4 is 0 Å². The second-order valence-corrected chi connectivity index (χ2v) is 4.46. The maximum Gasteiger partial charge on any atom is 0.155 e. The molecule has 16 heavy (non-hydrogen) atoms. The van der Waals surface area contributed by atoms with Crippen molar-refractivity contribution in [1.82, 2.24) is 14.6 Å². The van der Waals surface area contributed by atoms with E-state index in [1.165, 1.54) is 0 Å². The summed E-state index contributed by atoms with van der Waals surface area (Å²) in [6.07, 6.45) is 3.43. The molecule has 0 saturated carbocycles. The molecule has 0 aliphatic carbocycles. The van der Waals surface area contributed by atoms with Crippen LogP contribution in [0.5, 0.6) is 0 Å². The molecule has 0 amide bonds. The summed E-state index contributed by atoms with van der Waals surface area (Å²) in [6.45, 7) is 6.17. The van der Waals surface area contributed by atoms with E-state index in [9.17, 15) is 4.79 Å². The SMILES string of the molecule is Cc1cc2nc(CC(C)C)nn2cc1C=O. The molecular weight excluding hydrogens is 202 g/mol. The third kappa shape index (κ3) is 1.96. The zero-order chi connectivity index (χ0) is 11.7. The fourth-order valence-electron chi connectivity index (χ4n) is 1.66. The first-order valence-electron chi connectivity index (χ1n) is 5.41. The number of nitrogens with zero attached hydrogens (tertiary/aromatic N) is 3. The van der Waals surface area contributed by atoms with Gasteiger partial charge in [-0.05, 0) is 24.5 Å². The third-order valence-electron chi connectivity index (χ3n) is 2.48. The zero-order valence-electron chi connectivity index (χ0n) is 9.77. The molecule has 0 unspecified atom stereocenters. The van der Waals surface area contributed by atoms with Gasteiger partial charge in [0, 0.05) is 18.2 Å². The van der Waals surface area contributed by atoms with Crippen LogP contribution in [0.2, 0.25) is 0 Å². The first-order chi connectivity index (χ1) is 7.60. The second-order valence-electron chi connectivity index (χ2n) is 4.46. The highest BCUT2D eigenvalue weighted by atomic mass is 16.1. The van der Waals surface area contributed by atoms with Crippen molar-refractivity contribution in [3.63, 3.8) is 0 Å². The monoisotopic (exact) mass is 217 g/mol. The molecular formula is C12H15N3O. The first-order valence-corrected chi connectivity index (χ1v) is 5.41. The molecule has 0 spiro atoms. The highest BCUT2D eigenvalue weighted by molar-refractivity contribution is 5.77. The Morgan fingerprint density at radius 1 is 1.50 bits per heavy atom. The van der Waals surface area contributed by atoms with Crippen molar-refractivity contribution in [3.05, 3.63) is 29.2 Å². The summed E-state index contributed by atoms with van der Waals surface area (Å²) in [5.74, 6) is 1.36. The van der Waals surface area contributed by atoms with Gasteiger partial charge in [0.1, 0.15) is 0 Å². The topological polar surface area (TPSA) is 47.3 Å². The van der Waals surface area contributed by atoms with Crippen LogP contribution in [0.1, 0.15) is 35.6 Å². The van der Waals surface area contributed by atoms with Crippen LogP contribution >= 0.6 is 0 Å². The minimum atomic E-state index is 0.532. The summed E-state index contributed by atoms with van der Waals surface area (Å²) in [6, 6.07) is 1.89. The van der Waals surface area contributed by atoms with Gasteiger partial charge in [0.05, 0.1) is 0 Å². The summed E-state index contributed by atoms with van der Waals surface area (Å²) in [5.41, 5.74) is 2.40. The molecule has 84 valence electrons. The van der Waals surface area contributed by atoms with Gasteiger partial charge in [-0.1, -0.05) is 13.8 Å². The molecule has 2 aromatic rings. The first kappa shape index (κ1) is 10.8. The van der Waals surface area contributed by atoms with Crippen LogP contribution in [0.3, 0.4) is 0 Å². The van der Waals surface area contributed by atoms with E-state index < -0.39 is 0 Å². The molecule has 2 aromatic heterocycles. The second kappa shape index (κ2) is 4.04. The maximum atomic E-state index is 10.8. The van der Waals surface area contributed by atoms with Crippen molar-refractivity contribution in [3.8, 4) is 0 Å². The molecule has 0 bridgehead atoms. The molecule has 0 saturated heterocycles. The number of aldehydes is 1. The van der Waals surface area contributed by atoms with E-state index in [-0.39, 0.29) is 0 Å². The molecule has 0 atom stereocenters. The van der Waals surface area contributed by atoms with Crippen molar-refractivity contribution in [2.45, 2.75) is 27.2 Å². The van der Waals surface area contributed by atoms with Gasteiger partial charge in [-0.25, -0.2) is 9.50 Å². The molecule has 0 aliphatic heterocycles. The minimum Gasteiger partial charge on any atom is -0.298 e. The molecule has 4 nitrogen and oxygen atoms in total. The van der Waals surface area contributed by atoms with Crippen LogP contribution in [0.15, 0.2) is 12.3 Å². The number of rotatable bonds is 3. The number of carbonyl (C=O) groups is 1. The Hall–Kier alpha value is -1.71. The van der Waals surface area contributed by atoms with Crippen LogP contribution in [0.25, 0.3) is 5.65 Å². The molecule has 0 aromatic carbocycles. The van der Waals surface area contributed by atoms with E-state index in [1.807, 2.05) is 13.0 Å². The lowest BCUT2D eigenvalue weighted by molar-refractivity contribution is 0.112. The summed E-state index contributed by atoms with van der Waals surface area (Å²) in [5, 5.41) is 4.35. The zero-order valence-corrected chi connectivity index (χ0v) is 9.77. The molecule has 4 heteroatoms. The van der Waals surface area contributed by atoms with E-state index in [4.69, 9.17) is 0 Å². The van der Waals surface area contributed by atoms with E-state index in [1.54, 1.807) is 10.7 Å². The van der Waals surface area contributed by atoms with Crippen LogP contribution in [-0.4, -0.2) is 20.9 Å². The Labute approximate surface area is 94.3 Å². The molecule has 2 heterocycles. The average Bonchev–Trinajstić information content (AvgIpc) is 2.56. The number of aromatic nitrogens is 3. The highest BCUT2D eigenvalue weighted by Gasteiger charge is 2.07. The largest absolute Gasteiger partial charge is 0.298 e. The fraction of sp³-hybridized carbons (Fsp3) is 0.417. The number of fused-ring (bicyclic) bond motifs is 1. The molecule has 0 fully saturated rings. The fourth-order valence-corrected chi connectivity index (χ4v) is 1.66. The highest BCUT2D eigenvalue weighted by Crippen LogP contribution is 2.11. The van der Waals surface area contributed by atoms with Gasteiger partial charge in [-0.3, -0.25) is 4.79 Å². The van der Waals surface area contributed by atoms with Crippen molar-refractivity contribution in [2.24, 2.45) is 5.92 Å². The summed E-state index contributed by atoms with van der Waals surface area (Å²) in [4.78, 5) is 15.2. The van der Waals surface area contributed by atoms with Crippen LogP contribution in [0.4, 0.5) is 0 Å². The molecule has 0 aliphatic rings. The van der Waals surface area contributed by atoms with E-state index in [0.717, 1.165) is 29.7 Å². The van der Waals surface area contributed by atoms with Gasteiger partial charge < -0.3 is 0 Å². The number of carbonyl (C=O) groups excluding carboxylic acids is 1. The Morgan fingerprint density at radius 3 is 2.88 bits per heavy atom. The lowest BCUT2D eigenvalue weighted by Crippen LogP contribution is -1.97. The van der Waals surface area contributed by atoms with Crippen LogP contribution in [-0.2, 0) is 6.42 Å². The van der Waals surface area contributed by atoms with Crippen molar-refractivity contribution < 1.29 is 4.79 Å². The van der Waals surface area contributed by atoms with Crippen LogP contribution in [0, 0.1) is 12.8 Å². The Balaban J connectivity index is 2.49. The third-order valence-corrected chi connectivity index (χ3v) is 2.48. The smallest absolute Gasteiger partial charge is 0.155 e. The maximum absolute atomic E-state index is 10.8. The Kier molecular flexibility index (Phi) is 2.73. The van der Waals surface area contributed by atoms with E-state index in [0.29, 0.717) is 11.5 Å². The number of aryl methyl sites for hydroxylation is 1. The predicted molar refractivity (Wildman–Crippen MR) is 61.7 cm³/mol. The number of pyridine rings is 1. The van der Waals surface area contributed by atoms with Gasteiger partial charge in [0.15, 0.2) is 17.8 Å². The van der Waals surface area contributed by atoms with Gasteiger partial charge in [-0.15, -0.1) is 0 Å². The van der Waals surface area contributed by atoms with Gasteiger partial charge in [0.2, 0.25) is 0 Å². The normalized spacial score (nSPS) is 11.2. The molecule has 0 radical (unpaired) electrons. The summed E-state index contributed by atoms with van der Waals surface area (Å²) < 4.78 is 1.68. The van der Waals surface area contributed by atoms with E-state index >= 15 is 0 Å². The number of hydrogen-bond acceptors (Lipinski definition) is 3. The van der Waals surface area contributed by atoms with E-state index in [2.05, 4.69) is 23.9 Å². The van der Waals surface area contributed by atoms with Gasteiger partial charge in [-0.2, -0.15) is 5.10 Å². The number of hydrogen-bond donors (Lipinski definition) is 0. The Morgan fingerprint density at radius 2 is 2.25 bits per heavy atom. The lowest BCUT2D eigenvalue weighted by atomic mass is 10.1. The Bertz CT molecular complexity index is 528.